The monoisotopic (exact) mass is 440 g/mol. The Kier molecular flexibility index (Phi) is 6.55. The molecule has 2 fully saturated rings. The molecule has 1 N–H and O–H groups in total. The molecular formula is C26H36N2O2S. The number of carbonyl (C=O) groups is 1. The van der Waals surface area contributed by atoms with Crippen LogP contribution in [0.15, 0.2) is 29.2 Å². The van der Waals surface area contributed by atoms with Gasteiger partial charge in [-0.25, -0.2) is 0 Å². The SMILES string of the molecule is Cc1c(C(=O)NC2COC2)cc(-c2ccc(S)c(C(C)(C)C)c2)n1CC1CCCCC1. The minimum Gasteiger partial charge on any atom is -0.377 e. The Hall–Kier alpha value is -1.72. The summed E-state index contributed by atoms with van der Waals surface area (Å²) < 4.78 is 7.62. The van der Waals surface area contributed by atoms with E-state index in [0.717, 1.165) is 34.0 Å². The summed E-state index contributed by atoms with van der Waals surface area (Å²) in [5, 5.41) is 3.12. The smallest absolute Gasteiger partial charge is 0.253 e. The second-order valence-electron chi connectivity index (χ2n) is 10.3. The third-order valence-electron chi connectivity index (χ3n) is 6.85. The molecule has 2 heterocycles. The lowest BCUT2D eigenvalue weighted by molar-refractivity contribution is -0.00347. The lowest BCUT2D eigenvalue weighted by atomic mass is 9.85. The molecule has 1 saturated carbocycles. The summed E-state index contributed by atoms with van der Waals surface area (Å²) in [6.07, 6.45) is 6.54. The first-order valence-electron chi connectivity index (χ1n) is 11.7. The van der Waals surface area contributed by atoms with E-state index in [1.807, 2.05) is 0 Å². The number of rotatable bonds is 5. The summed E-state index contributed by atoms with van der Waals surface area (Å²) in [6, 6.07) is 8.72. The van der Waals surface area contributed by atoms with Crippen molar-refractivity contribution in [2.45, 2.75) is 82.7 Å². The van der Waals surface area contributed by atoms with Crippen molar-refractivity contribution >= 4 is 18.5 Å². The number of nitrogens with zero attached hydrogens (tertiary/aromatic N) is 1. The van der Waals surface area contributed by atoms with E-state index in [1.54, 1.807) is 0 Å². The van der Waals surface area contributed by atoms with Crippen molar-refractivity contribution < 1.29 is 9.53 Å². The third-order valence-corrected chi connectivity index (χ3v) is 7.24. The standard InChI is InChI=1S/C26H36N2O2S/c1-17-21(25(29)27-20-15-30-16-20)13-23(28(17)14-18-8-6-5-7-9-18)19-10-11-24(31)22(12-19)26(2,3)4/h10-13,18,20,31H,5-9,14-16H2,1-4H3,(H,27,29). The van der Waals surface area contributed by atoms with Gasteiger partial charge in [0.15, 0.2) is 0 Å². The lowest BCUT2D eigenvalue weighted by Gasteiger charge is -2.27. The zero-order chi connectivity index (χ0) is 22.2. The van der Waals surface area contributed by atoms with Gasteiger partial charge in [-0.05, 0) is 60.4 Å². The summed E-state index contributed by atoms with van der Waals surface area (Å²) in [7, 11) is 0. The van der Waals surface area contributed by atoms with Crippen molar-refractivity contribution in [1.29, 1.82) is 0 Å². The molecule has 1 aromatic heterocycles. The van der Waals surface area contributed by atoms with Gasteiger partial charge in [-0.2, -0.15) is 0 Å². The van der Waals surface area contributed by atoms with E-state index >= 15 is 0 Å². The maximum atomic E-state index is 13.0. The maximum absolute atomic E-state index is 13.0. The van der Waals surface area contributed by atoms with E-state index in [0.29, 0.717) is 19.1 Å². The fraction of sp³-hybridized carbons (Fsp3) is 0.577. The number of aromatic nitrogens is 1. The Bertz CT molecular complexity index is 947. The van der Waals surface area contributed by atoms with Crippen molar-refractivity contribution in [2.75, 3.05) is 13.2 Å². The third kappa shape index (κ3) is 4.88. The van der Waals surface area contributed by atoms with Crippen molar-refractivity contribution in [1.82, 2.24) is 9.88 Å². The molecule has 1 amide bonds. The van der Waals surface area contributed by atoms with Crippen molar-refractivity contribution in [3.8, 4) is 11.3 Å². The first kappa shape index (κ1) is 22.5. The number of carbonyl (C=O) groups excluding carboxylic acids is 1. The van der Waals surface area contributed by atoms with Crippen molar-refractivity contribution in [3.05, 3.63) is 41.1 Å². The van der Waals surface area contributed by atoms with E-state index in [9.17, 15) is 4.79 Å². The Morgan fingerprint density at radius 1 is 1.16 bits per heavy atom. The normalized spacial score (nSPS) is 18.1. The molecule has 0 unspecified atom stereocenters. The summed E-state index contributed by atoms with van der Waals surface area (Å²) in [4.78, 5) is 14.1. The van der Waals surface area contributed by atoms with Crippen LogP contribution in [0.4, 0.5) is 0 Å². The van der Waals surface area contributed by atoms with Gasteiger partial charge in [0.25, 0.3) is 5.91 Å². The molecule has 31 heavy (non-hydrogen) atoms. The minimum atomic E-state index is 0.00730. The van der Waals surface area contributed by atoms with E-state index in [-0.39, 0.29) is 17.4 Å². The van der Waals surface area contributed by atoms with Gasteiger partial charge in [-0.15, -0.1) is 12.6 Å². The zero-order valence-electron chi connectivity index (χ0n) is 19.3. The van der Waals surface area contributed by atoms with Crippen molar-refractivity contribution in [2.24, 2.45) is 5.92 Å². The molecule has 1 aliphatic heterocycles. The van der Waals surface area contributed by atoms with Gasteiger partial charge < -0.3 is 14.6 Å². The minimum absolute atomic E-state index is 0.00730. The molecule has 5 heteroatoms. The number of benzene rings is 1. The van der Waals surface area contributed by atoms with Crippen LogP contribution in [0.5, 0.6) is 0 Å². The second-order valence-corrected chi connectivity index (χ2v) is 10.8. The molecule has 0 bridgehead atoms. The number of hydrogen-bond acceptors (Lipinski definition) is 3. The van der Waals surface area contributed by atoms with Gasteiger partial charge in [0.05, 0.1) is 24.8 Å². The second kappa shape index (κ2) is 9.03. The summed E-state index contributed by atoms with van der Waals surface area (Å²) in [6.45, 7) is 11.0. The molecule has 1 saturated heterocycles. The van der Waals surface area contributed by atoms with Crippen LogP contribution >= 0.6 is 12.6 Å². The summed E-state index contributed by atoms with van der Waals surface area (Å²) >= 11 is 4.71. The first-order valence-corrected chi connectivity index (χ1v) is 12.1. The Labute approximate surface area is 192 Å². The highest BCUT2D eigenvalue weighted by molar-refractivity contribution is 7.80. The predicted octanol–water partition coefficient (Wildman–Crippen LogP) is 5.76. The number of hydrogen-bond donors (Lipinski definition) is 2. The molecule has 1 aliphatic carbocycles. The van der Waals surface area contributed by atoms with Gasteiger partial charge in [0.1, 0.15) is 0 Å². The molecule has 168 valence electrons. The Morgan fingerprint density at radius 3 is 2.48 bits per heavy atom. The highest BCUT2D eigenvalue weighted by Crippen LogP contribution is 2.35. The van der Waals surface area contributed by atoms with Crippen LogP contribution in [0.3, 0.4) is 0 Å². The zero-order valence-corrected chi connectivity index (χ0v) is 20.2. The van der Waals surface area contributed by atoms with Gasteiger partial charge in [-0.3, -0.25) is 4.79 Å². The molecule has 2 aliphatic rings. The van der Waals surface area contributed by atoms with Crippen LogP contribution in [0.25, 0.3) is 11.3 Å². The quantitative estimate of drug-likeness (QED) is 0.581. The van der Waals surface area contributed by atoms with Gasteiger partial charge in [0.2, 0.25) is 0 Å². The molecule has 4 rings (SSSR count). The summed E-state index contributed by atoms with van der Waals surface area (Å²) in [5.41, 5.74) is 5.38. The topological polar surface area (TPSA) is 43.3 Å². The number of ether oxygens (including phenoxy) is 1. The lowest BCUT2D eigenvalue weighted by Crippen LogP contribution is -2.48. The van der Waals surface area contributed by atoms with Crippen LogP contribution in [-0.2, 0) is 16.7 Å². The molecule has 0 radical (unpaired) electrons. The highest BCUT2D eigenvalue weighted by Gasteiger charge is 2.26. The van der Waals surface area contributed by atoms with Gasteiger partial charge in [-0.1, -0.05) is 46.1 Å². The molecule has 0 spiro atoms. The number of thiol groups is 1. The highest BCUT2D eigenvalue weighted by atomic mass is 32.1. The first-order chi connectivity index (χ1) is 14.7. The number of amides is 1. The van der Waals surface area contributed by atoms with Crippen LogP contribution in [0.1, 0.15) is 74.5 Å². The molecule has 4 nitrogen and oxygen atoms in total. The average molecular weight is 441 g/mol. The van der Waals surface area contributed by atoms with Crippen LogP contribution in [0.2, 0.25) is 0 Å². The Morgan fingerprint density at radius 2 is 1.87 bits per heavy atom. The number of nitrogens with one attached hydrogen (secondary N) is 1. The molecular weight excluding hydrogens is 404 g/mol. The largest absolute Gasteiger partial charge is 0.377 e. The van der Waals surface area contributed by atoms with Crippen LogP contribution in [-0.4, -0.2) is 29.7 Å². The van der Waals surface area contributed by atoms with E-state index in [1.165, 1.54) is 37.7 Å². The average Bonchev–Trinajstić information content (AvgIpc) is 3.01. The van der Waals surface area contributed by atoms with E-state index in [4.69, 9.17) is 17.4 Å². The summed E-state index contributed by atoms with van der Waals surface area (Å²) in [5.74, 6) is 0.692. The maximum Gasteiger partial charge on any atom is 0.253 e. The molecule has 2 aromatic rings. The van der Waals surface area contributed by atoms with E-state index < -0.39 is 0 Å². The van der Waals surface area contributed by atoms with Crippen LogP contribution < -0.4 is 5.32 Å². The Balaban J connectivity index is 1.74. The van der Waals surface area contributed by atoms with Crippen LogP contribution in [0, 0.1) is 12.8 Å². The molecule has 1 aromatic carbocycles. The fourth-order valence-electron chi connectivity index (χ4n) is 4.86. The van der Waals surface area contributed by atoms with Crippen molar-refractivity contribution in [3.63, 3.8) is 0 Å². The molecule has 0 atom stereocenters. The fourth-order valence-corrected chi connectivity index (χ4v) is 5.33. The van der Waals surface area contributed by atoms with Gasteiger partial charge in [0, 0.05) is 22.8 Å². The van der Waals surface area contributed by atoms with E-state index in [2.05, 4.69) is 61.8 Å². The predicted molar refractivity (Wildman–Crippen MR) is 129 cm³/mol. The van der Waals surface area contributed by atoms with Gasteiger partial charge >= 0.3 is 0 Å².